The van der Waals surface area contributed by atoms with E-state index in [9.17, 15) is 4.79 Å². The van der Waals surface area contributed by atoms with Crippen LogP contribution in [0.1, 0.15) is 29.9 Å². The highest BCUT2D eigenvalue weighted by molar-refractivity contribution is 8.01. The molecule has 1 aromatic rings. The molecule has 0 fully saturated rings. The molecule has 0 aliphatic heterocycles. The highest BCUT2D eigenvalue weighted by Crippen LogP contribution is 2.30. The van der Waals surface area contributed by atoms with Crippen molar-refractivity contribution in [2.45, 2.75) is 29.7 Å². The monoisotopic (exact) mass is 248 g/mol. The second kappa shape index (κ2) is 5.79. The number of carbonyl (C=O) groups excluding carboxylic acids is 1. The maximum absolute atomic E-state index is 11.5. The summed E-state index contributed by atoms with van der Waals surface area (Å²) in [6, 6.07) is 3.90. The minimum absolute atomic E-state index is 0.153. The lowest BCUT2D eigenvalue weighted by Gasteiger charge is -1.99. The summed E-state index contributed by atoms with van der Waals surface area (Å²) in [5.74, 6) is 0.559. The van der Waals surface area contributed by atoms with Gasteiger partial charge in [0.05, 0.1) is 9.09 Å². The van der Waals surface area contributed by atoms with Crippen LogP contribution in [-0.4, -0.2) is 16.9 Å². The molecule has 0 atom stereocenters. The Hall–Kier alpha value is 0.01000. The van der Waals surface area contributed by atoms with Gasteiger partial charge in [0.1, 0.15) is 0 Å². The van der Waals surface area contributed by atoms with Crippen LogP contribution in [0.25, 0.3) is 0 Å². The summed E-state index contributed by atoms with van der Waals surface area (Å²) in [6.45, 7) is 4.29. The van der Waals surface area contributed by atoms with Crippen molar-refractivity contribution in [1.82, 2.24) is 0 Å². The lowest BCUT2D eigenvalue weighted by atomic mass is 10.3. The van der Waals surface area contributed by atoms with Gasteiger partial charge in [-0.25, -0.2) is 0 Å². The minimum atomic E-state index is 0.153. The molecule has 0 unspecified atom stereocenters. The fraction of sp³-hybridized carbons (Fsp3) is 0.500. The zero-order chi connectivity index (χ0) is 10.6. The number of halogens is 1. The van der Waals surface area contributed by atoms with Gasteiger partial charge in [0.2, 0.25) is 0 Å². The van der Waals surface area contributed by atoms with Gasteiger partial charge in [0.15, 0.2) is 5.78 Å². The number of Topliss-reactive ketones (excluding diaryl/α,β-unsaturated/α-hetero) is 1. The molecule has 0 N–H and O–H groups in total. The maximum Gasteiger partial charge on any atom is 0.174 e. The molecule has 4 heteroatoms. The number of ketones is 1. The van der Waals surface area contributed by atoms with Crippen molar-refractivity contribution in [3.63, 3.8) is 0 Å². The van der Waals surface area contributed by atoms with Gasteiger partial charge < -0.3 is 0 Å². The lowest BCUT2D eigenvalue weighted by Crippen LogP contribution is -1.95. The van der Waals surface area contributed by atoms with Crippen LogP contribution >= 0.6 is 34.7 Å². The van der Waals surface area contributed by atoms with Crippen LogP contribution in [0.2, 0.25) is 0 Å². The molecule has 1 rings (SSSR count). The Labute approximate surface area is 97.8 Å². The van der Waals surface area contributed by atoms with E-state index in [1.807, 2.05) is 12.1 Å². The van der Waals surface area contributed by atoms with E-state index >= 15 is 0 Å². The van der Waals surface area contributed by atoms with E-state index in [1.165, 1.54) is 4.21 Å². The SMILES string of the molecule is CC(C)Sc1ccc(C(=O)CCCl)s1. The fourth-order valence-electron chi connectivity index (χ4n) is 0.975. The van der Waals surface area contributed by atoms with E-state index in [0.717, 1.165) is 4.88 Å². The second-order valence-electron chi connectivity index (χ2n) is 3.15. The molecule has 0 saturated heterocycles. The first-order valence-electron chi connectivity index (χ1n) is 4.49. The van der Waals surface area contributed by atoms with Crippen LogP contribution in [0.4, 0.5) is 0 Å². The van der Waals surface area contributed by atoms with E-state index in [2.05, 4.69) is 13.8 Å². The Kier molecular flexibility index (Phi) is 4.99. The summed E-state index contributed by atoms with van der Waals surface area (Å²) in [5.41, 5.74) is 0. The van der Waals surface area contributed by atoms with Crippen molar-refractivity contribution in [3.05, 3.63) is 17.0 Å². The predicted molar refractivity (Wildman–Crippen MR) is 65.0 cm³/mol. The van der Waals surface area contributed by atoms with Crippen LogP contribution in [0.3, 0.4) is 0 Å². The van der Waals surface area contributed by atoms with Gasteiger partial charge in [0, 0.05) is 17.6 Å². The molecule has 14 heavy (non-hydrogen) atoms. The van der Waals surface area contributed by atoms with Crippen molar-refractivity contribution in [3.8, 4) is 0 Å². The van der Waals surface area contributed by atoms with Gasteiger partial charge >= 0.3 is 0 Å². The summed E-state index contributed by atoms with van der Waals surface area (Å²) < 4.78 is 1.21. The van der Waals surface area contributed by atoms with Crippen molar-refractivity contribution in [1.29, 1.82) is 0 Å². The fourth-order valence-corrected chi connectivity index (χ4v) is 3.50. The number of thioether (sulfide) groups is 1. The Balaban J connectivity index is 2.63. The topological polar surface area (TPSA) is 17.1 Å². The number of hydrogen-bond donors (Lipinski definition) is 0. The number of hydrogen-bond acceptors (Lipinski definition) is 3. The van der Waals surface area contributed by atoms with Crippen molar-refractivity contribution >= 4 is 40.5 Å². The Morgan fingerprint density at radius 1 is 1.57 bits per heavy atom. The molecule has 0 bridgehead atoms. The third kappa shape index (κ3) is 3.64. The largest absolute Gasteiger partial charge is 0.293 e. The Bertz CT molecular complexity index is 307. The highest BCUT2D eigenvalue weighted by Gasteiger charge is 2.09. The van der Waals surface area contributed by atoms with E-state index in [-0.39, 0.29) is 5.78 Å². The highest BCUT2D eigenvalue weighted by atomic mass is 35.5. The summed E-state index contributed by atoms with van der Waals surface area (Å²) in [4.78, 5) is 12.3. The molecule has 0 amide bonds. The lowest BCUT2D eigenvalue weighted by molar-refractivity contribution is 0.0993. The normalized spacial score (nSPS) is 10.9. The van der Waals surface area contributed by atoms with Gasteiger partial charge in [0.25, 0.3) is 0 Å². The van der Waals surface area contributed by atoms with Gasteiger partial charge in [-0.2, -0.15) is 0 Å². The molecule has 1 heterocycles. The quantitative estimate of drug-likeness (QED) is 0.444. The van der Waals surface area contributed by atoms with E-state index < -0.39 is 0 Å². The average Bonchev–Trinajstić information content (AvgIpc) is 2.52. The first-order valence-corrected chi connectivity index (χ1v) is 6.72. The van der Waals surface area contributed by atoms with Gasteiger partial charge in [-0.1, -0.05) is 13.8 Å². The molecule has 0 radical (unpaired) electrons. The molecule has 0 aliphatic carbocycles. The molecule has 1 aromatic heterocycles. The molecular weight excluding hydrogens is 236 g/mol. The number of thiophene rings is 1. The smallest absolute Gasteiger partial charge is 0.174 e. The third-order valence-electron chi connectivity index (χ3n) is 1.53. The van der Waals surface area contributed by atoms with E-state index in [1.54, 1.807) is 23.1 Å². The molecule has 0 aromatic carbocycles. The molecule has 78 valence electrons. The summed E-state index contributed by atoms with van der Waals surface area (Å²) in [7, 11) is 0. The van der Waals surface area contributed by atoms with Crippen molar-refractivity contribution < 1.29 is 4.79 Å². The Morgan fingerprint density at radius 3 is 2.86 bits per heavy atom. The maximum atomic E-state index is 11.5. The predicted octanol–water partition coefficient (Wildman–Crippen LogP) is 4.06. The zero-order valence-corrected chi connectivity index (χ0v) is 10.6. The van der Waals surface area contributed by atoms with E-state index in [0.29, 0.717) is 17.6 Å². The average molecular weight is 249 g/mol. The number of alkyl halides is 1. The van der Waals surface area contributed by atoms with Crippen LogP contribution in [0.15, 0.2) is 16.3 Å². The van der Waals surface area contributed by atoms with Gasteiger partial charge in [-0.05, 0) is 12.1 Å². The van der Waals surface area contributed by atoms with Gasteiger partial charge in [-0.15, -0.1) is 34.7 Å². The summed E-state index contributed by atoms with van der Waals surface area (Å²) in [6.07, 6.45) is 0.438. The van der Waals surface area contributed by atoms with Crippen LogP contribution in [0, 0.1) is 0 Å². The summed E-state index contributed by atoms with van der Waals surface area (Å²) in [5, 5.41) is 0.560. The third-order valence-corrected chi connectivity index (χ3v) is 4.02. The molecule has 0 aliphatic rings. The second-order valence-corrected chi connectivity index (χ2v) is 6.49. The van der Waals surface area contributed by atoms with Crippen molar-refractivity contribution in [2.24, 2.45) is 0 Å². The zero-order valence-electron chi connectivity index (χ0n) is 8.25. The molecule has 1 nitrogen and oxygen atoms in total. The summed E-state index contributed by atoms with van der Waals surface area (Å²) >= 11 is 8.87. The molecule has 0 spiro atoms. The standard InChI is InChI=1S/C10H13ClOS2/c1-7(2)13-10-4-3-9(14-10)8(12)5-6-11/h3-4,7H,5-6H2,1-2H3. The minimum Gasteiger partial charge on any atom is -0.293 e. The van der Waals surface area contributed by atoms with Crippen molar-refractivity contribution in [2.75, 3.05) is 5.88 Å². The van der Waals surface area contributed by atoms with Crippen LogP contribution in [-0.2, 0) is 0 Å². The van der Waals surface area contributed by atoms with Gasteiger partial charge in [-0.3, -0.25) is 4.79 Å². The Morgan fingerprint density at radius 2 is 2.29 bits per heavy atom. The molecule has 0 saturated carbocycles. The number of rotatable bonds is 5. The number of carbonyl (C=O) groups is 1. The van der Waals surface area contributed by atoms with Crippen LogP contribution < -0.4 is 0 Å². The first-order chi connectivity index (χ1) is 6.63. The molecular formula is C10H13ClOS2. The van der Waals surface area contributed by atoms with Crippen LogP contribution in [0.5, 0.6) is 0 Å². The first kappa shape index (κ1) is 12.1. The van der Waals surface area contributed by atoms with E-state index in [4.69, 9.17) is 11.6 Å².